The summed E-state index contributed by atoms with van der Waals surface area (Å²) in [5.74, 6) is 0.426. The average molecular weight is 293 g/mol. The van der Waals surface area contributed by atoms with E-state index >= 15 is 0 Å². The van der Waals surface area contributed by atoms with Gasteiger partial charge in [0.25, 0.3) is 0 Å². The molecule has 116 valence electrons. The molecule has 1 aliphatic heterocycles. The number of nitrogens with one attached hydrogen (secondary N) is 1. The van der Waals surface area contributed by atoms with Gasteiger partial charge in [0.1, 0.15) is 11.3 Å². The number of benzene rings is 1. The quantitative estimate of drug-likeness (QED) is 0.865. The van der Waals surface area contributed by atoms with Crippen LogP contribution in [0, 0.1) is 0 Å². The molecule has 1 saturated heterocycles. The Bertz CT molecular complexity index is 515. The second-order valence-electron chi connectivity index (χ2n) is 5.93. The lowest BCUT2D eigenvalue weighted by atomic mass is 9.81. The van der Waals surface area contributed by atoms with Crippen LogP contribution in [-0.2, 0) is 14.3 Å². The van der Waals surface area contributed by atoms with Crippen molar-refractivity contribution in [1.29, 1.82) is 0 Å². The van der Waals surface area contributed by atoms with Gasteiger partial charge in [0.15, 0.2) is 0 Å². The van der Waals surface area contributed by atoms with Gasteiger partial charge < -0.3 is 19.5 Å². The van der Waals surface area contributed by atoms with Crippen LogP contribution in [0.2, 0.25) is 0 Å². The smallest absolute Gasteiger partial charge is 0.331 e. The number of anilines is 1. The molecule has 1 heterocycles. The fraction of sp³-hybridized carbons (Fsp3) is 0.562. The molecule has 5 heteroatoms. The highest BCUT2D eigenvalue weighted by atomic mass is 16.5. The molecule has 0 saturated carbocycles. The van der Waals surface area contributed by atoms with Crippen LogP contribution in [0.3, 0.4) is 0 Å². The van der Waals surface area contributed by atoms with Crippen molar-refractivity contribution >= 4 is 11.7 Å². The van der Waals surface area contributed by atoms with E-state index in [1.165, 1.54) is 7.11 Å². The highest BCUT2D eigenvalue weighted by Gasteiger charge is 2.47. The van der Waals surface area contributed by atoms with E-state index < -0.39 is 5.54 Å². The van der Waals surface area contributed by atoms with Gasteiger partial charge in [-0.3, -0.25) is 0 Å². The zero-order valence-corrected chi connectivity index (χ0v) is 13.1. The van der Waals surface area contributed by atoms with Crippen LogP contribution >= 0.6 is 0 Å². The Morgan fingerprint density at radius 3 is 2.62 bits per heavy atom. The molecule has 1 aromatic rings. The third-order valence-electron chi connectivity index (χ3n) is 3.81. The molecule has 0 radical (unpaired) electrons. The molecule has 0 aromatic heterocycles. The molecule has 0 aliphatic carbocycles. The van der Waals surface area contributed by atoms with Crippen molar-refractivity contribution in [3.8, 4) is 5.75 Å². The predicted molar refractivity (Wildman–Crippen MR) is 80.6 cm³/mol. The van der Waals surface area contributed by atoms with Crippen molar-refractivity contribution < 1.29 is 19.0 Å². The summed E-state index contributed by atoms with van der Waals surface area (Å²) in [6.07, 6.45) is 1.09. The topological polar surface area (TPSA) is 56.8 Å². The van der Waals surface area contributed by atoms with Crippen LogP contribution in [0.4, 0.5) is 5.69 Å². The highest BCUT2D eigenvalue weighted by molar-refractivity contribution is 5.85. The molecular formula is C16H23NO4. The van der Waals surface area contributed by atoms with Gasteiger partial charge in [-0.1, -0.05) is 12.1 Å². The van der Waals surface area contributed by atoms with Crippen molar-refractivity contribution in [1.82, 2.24) is 0 Å². The number of carbonyl (C=O) groups excluding carboxylic acids is 1. The van der Waals surface area contributed by atoms with E-state index in [0.29, 0.717) is 25.2 Å². The number of ether oxygens (including phenoxy) is 3. The normalized spacial score (nSPS) is 24.2. The van der Waals surface area contributed by atoms with Crippen LogP contribution in [0.1, 0.15) is 26.7 Å². The average Bonchev–Trinajstić information content (AvgIpc) is 2.45. The van der Waals surface area contributed by atoms with Gasteiger partial charge in [0.05, 0.1) is 32.1 Å². The maximum absolute atomic E-state index is 12.4. The van der Waals surface area contributed by atoms with E-state index in [0.717, 1.165) is 5.69 Å². The summed E-state index contributed by atoms with van der Waals surface area (Å²) in [5, 5.41) is 3.34. The number of rotatable bonds is 4. The fourth-order valence-electron chi connectivity index (χ4n) is 2.90. The van der Waals surface area contributed by atoms with Crippen molar-refractivity contribution in [2.45, 2.75) is 37.8 Å². The molecule has 1 atom stereocenters. The first-order chi connectivity index (χ1) is 9.92. The Morgan fingerprint density at radius 1 is 1.29 bits per heavy atom. The van der Waals surface area contributed by atoms with Crippen LogP contribution in [0.25, 0.3) is 0 Å². The van der Waals surface area contributed by atoms with Gasteiger partial charge in [0, 0.05) is 12.8 Å². The minimum absolute atomic E-state index is 0.273. The molecule has 1 unspecified atom stereocenters. The summed E-state index contributed by atoms with van der Waals surface area (Å²) in [6.45, 7) is 4.46. The van der Waals surface area contributed by atoms with Gasteiger partial charge >= 0.3 is 5.97 Å². The lowest BCUT2D eigenvalue weighted by Gasteiger charge is -2.43. The van der Waals surface area contributed by atoms with Gasteiger partial charge in [-0.25, -0.2) is 4.79 Å². The molecule has 1 fully saturated rings. The summed E-state index contributed by atoms with van der Waals surface area (Å²) >= 11 is 0. The molecular weight excluding hydrogens is 270 g/mol. The van der Waals surface area contributed by atoms with Crippen molar-refractivity contribution in [2.24, 2.45) is 0 Å². The van der Waals surface area contributed by atoms with Crippen molar-refractivity contribution in [3.05, 3.63) is 24.3 Å². The van der Waals surface area contributed by atoms with E-state index in [-0.39, 0.29) is 11.6 Å². The molecule has 0 bridgehead atoms. The van der Waals surface area contributed by atoms with Crippen LogP contribution in [-0.4, -0.2) is 37.9 Å². The van der Waals surface area contributed by atoms with Crippen molar-refractivity contribution in [3.63, 3.8) is 0 Å². The van der Waals surface area contributed by atoms with Gasteiger partial charge in [-0.2, -0.15) is 0 Å². The van der Waals surface area contributed by atoms with Crippen molar-refractivity contribution in [2.75, 3.05) is 26.1 Å². The molecule has 1 N–H and O–H groups in total. The largest absolute Gasteiger partial charge is 0.495 e. The molecule has 21 heavy (non-hydrogen) atoms. The zero-order chi connectivity index (χ0) is 15.5. The molecule has 1 aliphatic rings. The highest BCUT2D eigenvalue weighted by Crippen LogP contribution is 2.37. The monoisotopic (exact) mass is 293 g/mol. The van der Waals surface area contributed by atoms with Gasteiger partial charge in [0.2, 0.25) is 0 Å². The SMILES string of the molecule is COC(=O)C1(Nc2ccccc2OC)CCOC(C)(C)C1. The Kier molecular flexibility index (Phi) is 4.42. The molecule has 1 aromatic carbocycles. The fourth-order valence-corrected chi connectivity index (χ4v) is 2.90. The number of hydrogen-bond acceptors (Lipinski definition) is 5. The van der Waals surface area contributed by atoms with Gasteiger partial charge in [-0.15, -0.1) is 0 Å². The minimum atomic E-state index is -0.800. The number of carbonyl (C=O) groups is 1. The molecule has 2 rings (SSSR count). The Hall–Kier alpha value is -1.75. The third kappa shape index (κ3) is 3.29. The number of esters is 1. The molecule has 0 spiro atoms. The number of hydrogen-bond donors (Lipinski definition) is 1. The van der Waals surface area contributed by atoms with E-state index in [4.69, 9.17) is 14.2 Å². The first-order valence-electron chi connectivity index (χ1n) is 7.06. The molecule has 0 amide bonds. The summed E-state index contributed by atoms with van der Waals surface area (Å²) in [4.78, 5) is 12.4. The second-order valence-corrected chi connectivity index (χ2v) is 5.93. The third-order valence-corrected chi connectivity index (χ3v) is 3.81. The maximum atomic E-state index is 12.4. The summed E-state index contributed by atoms with van der Waals surface area (Å²) in [7, 11) is 3.02. The van der Waals surface area contributed by atoms with E-state index in [1.54, 1.807) is 7.11 Å². The Balaban J connectivity index is 2.35. The summed E-state index contributed by atoms with van der Waals surface area (Å²) in [5.41, 5.74) is -0.407. The maximum Gasteiger partial charge on any atom is 0.331 e. The van der Waals surface area contributed by atoms with Crippen LogP contribution in [0.5, 0.6) is 5.75 Å². The second kappa shape index (κ2) is 5.93. The number of para-hydroxylation sites is 2. The Labute approximate surface area is 125 Å². The summed E-state index contributed by atoms with van der Waals surface area (Å²) in [6, 6.07) is 7.55. The lowest BCUT2D eigenvalue weighted by molar-refractivity contribution is -0.156. The van der Waals surface area contributed by atoms with E-state index in [1.807, 2.05) is 38.1 Å². The van der Waals surface area contributed by atoms with E-state index in [2.05, 4.69) is 5.32 Å². The van der Waals surface area contributed by atoms with Crippen LogP contribution in [0.15, 0.2) is 24.3 Å². The zero-order valence-electron chi connectivity index (χ0n) is 13.1. The Morgan fingerprint density at radius 2 is 2.00 bits per heavy atom. The first kappa shape index (κ1) is 15.6. The number of methoxy groups -OCH3 is 2. The first-order valence-corrected chi connectivity index (χ1v) is 7.06. The molecule has 5 nitrogen and oxygen atoms in total. The minimum Gasteiger partial charge on any atom is -0.495 e. The predicted octanol–water partition coefficient (Wildman–Crippen LogP) is 2.61. The van der Waals surface area contributed by atoms with Gasteiger partial charge in [-0.05, 0) is 26.0 Å². The standard InChI is InChI=1S/C16H23NO4/c1-15(2)11-16(9-10-21-15,14(18)20-4)17-12-7-5-6-8-13(12)19-3/h5-8,17H,9-11H2,1-4H3. The lowest BCUT2D eigenvalue weighted by Crippen LogP contribution is -2.56. The van der Waals surface area contributed by atoms with Crippen LogP contribution < -0.4 is 10.1 Å². The summed E-state index contributed by atoms with van der Waals surface area (Å²) < 4.78 is 16.1. The van der Waals surface area contributed by atoms with E-state index in [9.17, 15) is 4.79 Å².